The number of hydrogen-bond donors (Lipinski definition) is 0. The predicted octanol–water partition coefficient (Wildman–Crippen LogP) is 13.6. The molecule has 0 aliphatic carbocycles. The third-order valence-electron chi connectivity index (χ3n) is 11.6. The van der Waals surface area contributed by atoms with Crippen molar-refractivity contribution in [1.82, 2.24) is 29.1 Å². The number of furan rings is 1. The molecule has 0 bridgehead atoms. The summed E-state index contributed by atoms with van der Waals surface area (Å²) in [5.74, 6) is 1.71. The molecule has 0 unspecified atom stereocenters. The molecule has 0 spiro atoms. The van der Waals surface area contributed by atoms with Gasteiger partial charge in [0, 0.05) is 54.7 Å². The van der Waals surface area contributed by atoms with E-state index in [1.165, 1.54) is 10.1 Å². The fourth-order valence-corrected chi connectivity index (χ4v) is 9.87. The van der Waals surface area contributed by atoms with E-state index in [0.717, 1.165) is 93.1 Å². The Balaban J connectivity index is 1.09. The van der Waals surface area contributed by atoms with Gasteiger partial charge in [0.1, 0.15) is 16.2 Å². The lowest BCUT2D eigenvalue weighted by molar-refractivity contribution is 0.669. The number of fused-ring (bicyclic) bond motifs is 11. The van der Waals surface area contributed by atoms with E-state index in [-0.39, 0.29) is 0 Å². The summed E-state index contributed by atoms with van der Waals surface area (Å²) in [7, 11) is 0. The van der Waals surface area contributed by atoms with Crippen molar-refractivity contribution in [1.29, 1.82) is 0 Å². The molecule has 13 rings (SSSR count). The molecule has 0 atom stereocenters. The zero-order valence-electron chi connectivity index (χ0n) is 31.8. The van der Waals surface area contributed by atoms with Crippen LogP contribution in [0.5, 0.6) is 0 Å². The molecular formula is C52H30N6OS. The minimum atomic E-state index is 0.540. The number of hydrogen-bond acceptors (Lipinski definition) is 6. The van der Waals surface area contributed by atoms with Gasteiger partial charge in [-0.3, -0.25) is 4.57 Å². The molecule has 0 saturated heterocycles. The maximum Gasteiger partial charge on any atom is 0.238 e. The Labute approximate surface area is 346 Å². The van der Waals surface area contributed by atoms with E-state index < -0.39 is 0 Å². The molecule has 0 aliphatic rings. The summed E-state index contributed by atoms with van der Waals surface area (Å²) in [6, 6.07) is 63.3. The van der Waals surface area contributed by atoms with Gasteiger partial charge in [-0.05, 0) is 72.8 Å². The Morgan fingerprint density at radius 1 is 0.400 bits per heavy atom. The lowest BCUT2D eigenvalue weighted by atomic mass is 10.1. The summed E-state index contributed by atoms with van der Waals surface area (Å²) < 4.78 is 12.0. The van der Waals surface area contributed by atoms with Crippen LogP contribution in [0.4, 0.5) is 0 Å². The number of rotatable bonds is 5. The third kappa shape index (κ3) is 4.95. The van der Waals surface area contributed by atoms with E-state index in [4.69, 9.17) is 24.4 Å². The van der Waals surface area contributed by atoms with E-state index in [2.05, 4.69) is 137 Å². The first-order chi connectivity index (χ1) is 29.7. The van der Waals surface area contributed by atoms with Gasteiger partial charge in [-0.1, -0.05) is 109 Å². The van der Waals surface area contributed by atoms with E-state index in [9.17, 15) is 0 Å². The van der Waals surface area contributed by atoms with Crippen LogP contribution < -0.4 is 0 Å². The molecule has 0 radical (unpaired) electrons. The maximum absolute atomic E-state index is 6.21. The fourth-order valence-electron chi connectivity index (χ4n) is 8.90. The van der Waals surface area contributed by atoms with Gasteiger partial charge in [-0.25, -0.2) is 9.97 Å². The lowest BCUT2D eigenvalue weighted by Gasteiger charge is -2.13. The molecule has 0 N–H and O–H groups in total. The van der Waals surface area contributed by atoms with E-state index in [1.54, 1.807) is 11.3 Å². The Bertz CT molecular complexity index is 3810. The Morgan fingerprint density at radius 3 is 1.77 bits per heavy atom. The number of benzene rings is 8. The third-order valence-corrected chi connectivity index (χ3v) is 12.7. The first kappa shape index (κ1) is 33.1. The first-order valence-electron chi connectivity index (χ1n) is 19.9. The molecule has 0 aliphatic heterocycles. The summed E-state index contributed by atoms with van der Waals surface area (Å²) >= 11 is 1.72. The van der Waals surface area contributed by atoms with Gasteiger partial charge < -0.3 is 8.98 Å². The second-order valence-corrected chi connectivity index (χ2v) is 16.1. The molecule has 7 nitrogen and oxygen atoms in total. The zero-order valence-corrected chi connectivity index (χ0v) is 32.6. The predicted molar refractivity (Wildman–Crippen MR) is 245 cm³/mol. The Kier molecular flexibility index (Phi) is 7.05. The van der Waals surface area contributed by atoms with E-state index in [1.807, 2.05) is 54.6 Å². The quantitative estimate of drug-likeness (QED) is 0.174. The van der Waals surface area contributed by atoms with Crippen molar-refractivity contribution in [3.05, 3.63) is 182 Å². The standard InChI is InChI=1S/C52H30N6OS/c1-2-12-31(13-3-1)49-54-50(33-24-29-45-40(30-33)37-16-6-10-20-44(37)59-45)56-52(55-49)58-43-19-9-5-15-36(43)39-28-27-38-35-14-4-8-18-42(35)57(47(38)48(39)58)34-25-22-32(23-26-34)51-53-41-17-7-11-21-46(41)60-51/h1-30H. The van der Waals surface area contributed by atoms with E-state index >= 15 is 0 Å². The molecule has 0 amide bonds. The monoisotopic (exact) mass is 786 g/mol. The maximum atomic E-state index is 6.21. The fraction of sp³-hybridized carbons (Fsp3) is 0. The molecule has 5 heterocycles. The average Bonchev–Trinajstić information content (AvgIpc) is 4.08. The highest BCUT2D eigenvalue weighted by atomic mass is 32.1. The van der Waals surface area contributed by atoms with Crippen LogP contribution in [0.25, 0.3) is 121 Å². The highest BCUT2D eigenvalue weighted by Gasteiger charge is 2.24. The minimum Gasteiger partial charge on any atom is -0.456 e. The van der Waals surface area contributed by atoms with Crippen molar-refractivity contribution in [3.8, 4) is 45.0 Å². The van der Waals surface area contributed by atoms with Crippen molar-refractivity contribution >= 4 is 87.1 Å². The summed E-state index contributed by atoms with van der Waals surface area (Å²) in [5.41, 5.74) is 10.8. The number of nitrogens with zero attached hydrogens (tertiary/aromatic N) is 6. The largest absolute Gasteiger partial charge is 0.456 e. The molecule has 0 saturated carbocycles. The van der Waals surface area contributed by atoms with Gasteiger partial charge in [-0.2, -0.15) is 9.97 Å². The van der Waals surface area contributed by atoms with Gasteiger partial charge in [0.05, 0.1) is 32.3 Å². The second-order valence-electron chi connectivity index (χ2n) is 15.1. The highest BCUT2D eigenvalue weighted by molar-refractivity contribution is 7.21. The highest BCUT2D eigenvalue weighted by Crippen LogP contribution is 2.42. The number of aromatic nitrogens is 6. The Hall–Kier alpha value is -7.94. The SMILES string of the molecule is c1ccc(-c2nc(-c3ccc4oc5ccccc5c4c3)nc(-n3c4ccccc4c4ccc5c6ccccc6n(-c6ccc(-c7nc8ccccc8s7)cc6)c5c43)n2)cc1. The van der Waals surface area contributed by atoms with Gasteiger partial charge in [0.15, 0.2) is 11.6 Å². The van der Waals surface area contributed by atoms with Crippen LogP contribution in [0.2, 0.25) is 0 Å². The molecule has 280 valence electrons. The average molecular weight is 787 g/mol. The lowest BCUT2D eigenvalue weighted by Crippen LogP contribution is -2.07. The van der Waals surface area contributed by atoms with Crippen LogP contribution in [0.15, 0.2) is 186 Å². The molecule has 8 aromatic carbocycles. The van der Waals surface area contributed by atoms with Crippen LogP contribution in [-0.4, -0.2) is 29.1 Å². The van der Waals surface area contributed by atoms with Crippen LogP contribution in [0.3, 0.4) is 0 Å². The second kappa shape index (κ2) is 12.8. The normalized spacial score (nSPS) is 12.0. The van der Waals surface area contributed by atoms with Gasteiger partial charge in [0.2, 0.25) is 5.95 Å². The molecular weight excluding hydrogens is 757 g/mol. The summed E-state index contributed by atoms with van der Waals surface area (Å²) in [4.78, 5) is 20.8. The van der Waals surface area contributed by atoms with Crippen molar-refractivity contribution in [2.75, 3.05) is 0 Å². The van der Waals surface area contributed by atoms with Gasteiger partial charge in [-0.15, -0.1) is 11.3 Å². The molecule has 60 heavy (non-hydrogen) atoms. The minimum absolute atomic E-state index is 0.540. The van der Waals surface area contributed by atoms with Gasteiger partial charge >= 0.3 is 0 Å². The van der Waals surface area contributed by atoms with Crippen molar-refractivity contribution in [2.24, 2.45) is 0 Å². The van der Waals surface area contributed by atoms with Crippen LogP contribution in [0.1, 0.15) is 0 Å². The summed E-state index contributed by atoms with van der Waals surface area (Å²) in [5, 5.41) is 7.62. The van der Waals surface area contributed by atoms with E-state index in [0.29, 0.717) is 17.6 Å². The first-order valence-corrected chi connectivity index (χ1v) is 20.7. The summed E-state index contributed by atoms with van der Waals surface area (Å²) in [6.07, 6.45) is 0. The van der Waals surface area contributed by atoms with Crippen LogP contribution in [-0.2, 0) is 0 Å². The van der Waals surface area contributed by atoms with Crippen molar-refractivity contribution < 1.29 is 4.42 Å². The molecule has 0 fully saturated rings. The number of para-hydroxylation sites is 4. The zero-order chi connectivity index (χ0) is 39.3. The van der Waals surface area contributed by atoms with Gasteiger partial charge in [0.25, 0.3) is 0 Å². The molecule has 8 heteroatoms. The molecule has 5 aromatic heterocycles. The van der Waals surface area contributed by atoms with Crippen molar-refractivity contribution in [2.45, 2.75) is 0 Å². The molecule has 13 aromatic rings. The topological polar surface area (TPSA) is 74.6 Å². The van der Waals surface area contributed by atoms with Crippen LogP contribution >= 0.6 is 11.3 Å². The number of thiazole rings is 1. The van der Waals surface area contributed by atoms with Crippen molar-refractivity contribution in [3.63, 3.8) is 0 Å². The smallest absolute Gasteiger partial charge is 0.238 e. The Morgan fingerprint density at radius 2 is 1.00 bits per heavy atom. The summed E-state index contributed by atoms with van der Waals surface area (Å²) in [6.45, 7) is 0. The van der Waals surface area contributed by atoms with Crippen LogP contribution in [0, 0.1) is 0 Å².